The van der Waals surface area contributed by atoms with Crippen LogP contribution >= 0.6 is 0 Å². The average Bonchev–Trinajstić information content (AvgIpc) is 3.48. The van der Waals surface area contributed by atoms with Gasteiger partial charge in [-0.1, -0.05) is 30.3 Å². The van der Waals surface area contributed by atoms with Crippen LogP contribution in [0, 0.1) is 6.92 Å². The lowest BCUT2D eigenvalue weighted by Crippen LogP contribution is -2.58. The van der Waals surface area contributed by atoms with Gasteiger partial charge in [0.1, 0.15) is 5.69 Å². The van der Waals surface area contributed by atoms with Gasteiger partial charge in [0.25, 0.3) is 11.8 Å². The first kappa shape index (κ1) is 25.0. The lowest BCUT2D eigenvalue weighted by Gasteiger charge is -2.46. The summed E-state index contributed by atoms with van der Waals surface area (Å²) in [5.74, 6) is -1.84. The van der Waals surface area contributed by atoms with Gasteiger partial charge in [0, 0.05) is 61.7 Å². The Bertz CT molecular complexity index is 1610. The molecule has 1 unspecified atom stereocenters. The fraction of sp³-hybridized carbons (Fsp3) is 0.333. The molecule has 202 valence electrons. The molecule has 0 radical (unpaired) electrons. The molecule has 1 aromatic carbocycles. The van der Waals surface area contributed by atoms with Gasteiger partial charge >= 0.3 is 6.18 Å². The normalized spacial score (nSPS) is 20.9. The number of aromatic nitrogens is 4. The zero-order valence-corrected chi connectivity index (χ0v) is 21.4. The molecular weight excluding hydrogens is 513 g/mol. The van der Waals surface area contributed by atoms with E-state index in [9.17, 15) is 22.8 Å². The van der Waals surface area contributed by atoms with Crippen LogP contribution in [0.2, 0.25) is 0 Å². The number of methoxy groups -OCH3 is 1. The number of likely N-dealkylation sites (tertiary alicyclic amines) is 1. The van der Waals surface area contributed by atoms with Gasteiger partial charge in [-0.15, -0.1) is 0 Å². The molecule has 2 amide bonds. The first-order valence-corrected chi connectivity index (χ1v) is 12.4. The monoisotopic (exact) mass is 538 g/mol. The minimum Gasteiger partial charge on any atom is -0.493 e. The summed E-state index contributed by atoms with van der Waals surface area (Å²) in [6.45, 7) is 2.01. The highest BCUT2D eigenvalue weighted by molar-refractivity contribution is 5.97. The summed E-state index contributed by atoms with van der Waals surface area (Å²) in [6.07, 6.45) is -1.44. The van der Waals surface area contributed by atoms with Gasteiger partial charge in [0.15, 0.2) is 17.1 Å². The number of nitrogens with zero attached hydrogens (tertiary/aromatic N) is 5. The molecule has 12 heteroatoms. The molecule has 2 aliphatic heterocycles. The van der Waals surface area contributed by atoms with Gasteiger partial charge in [-0.25, -0.2) is 4.98 Å². The van der Waals surface area contributed by atoms with Crippen molar-refractivity contribution >= 4 is 17.5 Å². The van der Waals surface area contributed by atoms with Gasteiger partial charge in [-0.2, -0.15) is 18.3 Å². The van der Waals surface area contributed by atoms with Gasteiger partial charge in [0.05, 0.1) is 12.7 Å². The summed E-state index contributed by atoms with van der Waals surface area (Å²) in [6, 6.07) is 10.1. The summed E-state index contributed by atoms with van der Waals surface area (Å²) in [5, 5.41) is 6.63. The molecule has 9 nitrogen and oxygen atoms in total. The Balaban J connectivity index is 1.48. The number of rotatable bonds is 3. The number of piperidine rings is 1. The van der Waals surface area contributed by atoms with Crippen molar-refractivity contribution in [1.29, 1.82) is 0 Å². The number of carbonyl (C=O) groups excluding carboxylic acids is 2. The van der Waals surface area contributed by atoms with E-state index < -0.39 is 35.7 Å². The molecule has 39 heavy (non-hydrogen) atoms. The maximum Gasteiger partial charge on any atom is 0.435 e. The van der Waals surface area contributed by atoms with Crippen molar-refractivity contribution in [3.63, 3.8) is 0 Å². The number of aryl methyl sites for hydroxylation is 2. The first-order chi connectivity index (χ1) is 18.6. The Kier molecular flexibility index (Phi) is 5.67. The van der Waals surface area contributed by atoms with E-state index in [4.69, 9.17) is 4.74 Å². The molecule has 1 saturated heterocycles. The quantitative estimate of drug-likeness (QED) is 0.431. The van der Waals surface area contributed by atoms with E-state index in [1.165, 1.54) is 14.2 Å². The number of alkyl halides is 3. The number of imidazole rings is 1. The number of halogens is 3. The summed E-state index contributed by atoms with van der Waals surface area (Å²) in [7, 11) is 2.81. The molecule has 3 atom stereocenters. The Morgan fingerprint density at radius 3 is 2.56 bits per heavy atom. The Morgan fingerprint density at radius 2 is 1.87 bits per heavy atom. The van der Waals surface area contributed by atoms with Crippen LogP contribution in [0.5, 0.6) is 5.75 Å². The number of hydrogen-bond acceptors (Lipinski definition) is 5. The predicted molar refractivity (Wildman–Crippen MR) is 134 cm³/mol. The molecule has 1 N–H and O–H groups in total. The zero-order chi connectivity index (χ0) is 27.6. The second kappa shape index (κ2) is 8.85. The lowest BCUT2D eigenvalue weighted by atomic mass is 9.73. The molecule has 0 spiro atoms. The second-order valence-corrected chi connectivity index (χ2v) is 9.96. The fourth-order valence-electron chi connectivity index (χ4n) is 5.92. The van der Waals surface area contributed by atoms with Crippen LogP contribution in [0.3, 0.4) is 0 Å². The van der Waals surface area contributed by atoms with Gasteiger partial charge in [-0.05, 0) is 18.6 Å². The maximum absolute atomic E-state index is 14.1. The van der Waals surface area contributed by atoms with Gasteiger partial charge in [-0.3, -0.25) is 14.3 Å². The van der Waals surface area contributed by atoms with Crippen molar-refractivity contribution in [2.24, 2.45) is 7.05 Å². The second-order valence-electron chi connectivity index (χ2n) is 9.96. The standard InChI is InChI=1S/C27H25F3N6O3/c1-14-10-31-24-19(39-3)9-16(11-36(14)24)26(38)35-12-17(15-7-5-4-6-8-15)21-18(13-35)20-22(25(37)32-21)34(2)33-23(20)27(28,29)30/h4-11,17-18,21H,12-13H2,1-3H3,(H,32,37)/t17-,18?,21+/m1/s1. The summed E-state index contributed by atoms with van der Waals surface area (Å²) < 4.78 is 50.6. The SMILES string of the molecule is COc1cc(C(=O)N2CC3c4c(C(F)(F)F)nn(C)c4C(=O)N[C@H]3[C@@H](c3ccccc3)C2)cn2c(C)cnc12. The molecule has 3 aromatic heterocycles. The van der Waals surface area contributed by atoms with E-state index in [1.54, 1.807) is 27.8 Å². The number of ether oxygens (including phenoxy) is 1. The van der Waals surface area contributed by atoms with Crippen molar-refractivity contribution < 1.29 is 27.5 Å². The number of hydrogen-bond donors (Lipinski definition) is 1. The van der Waals surface area contributed by atoms with Gasteiger partial charge < -0.3 is 19.4 Å². The summed E-state index contributed by atoms with van der Waals surface area (Å²) in [5.41, 5.74) is 1.07. The molecular formula is C27H25F3N6O3. The number of nitrogens with one attached hydrogen (secondary N) is 1. The average molecular weight is 539 g/mol. The van der Waals surface area contributed by atoms with Crippen LogP contribution in [0.25, 0.3) is 5.65 Å². The molecule has 4 aromatic rings. The Hall–Kier alpha value is -4.35. The van der Waals surface area contributed by atoms with Crippen molar-refractivity contribution in [2.45, 2.75) is 31.0 Å². The number of benzene rings is 1. The number of fused-ring (bicyclic) bond motifs is 4. The highest BCUT2D eigenvalue weighted by Gasteiger charge is 2.51. The minimum absolute atomic E-state index is 0.0296. The van der Waals surface area contributed by atoms with E-state index in [2.05, 4.69) is 15.4 Å². The molecule has 0 bridgehead atoms. The van der Waals surface area contributed by atoms with Crippen molar-refractivity contribution in [3.05, 3.63) is 82.6 Å². The molecule has 0 aliphatic carbocycles. The predicted octanol–water partition coefficient (Wildman–Crippen LogP) is 3.54. The van der Waals surface area contributed by atoms with E-state index in [0.29, 0.717) is 17.0 Å². The zero-order valence-electron chi connectivity index (χ0n) is 21.4. The third kappa shape index (κ3) is 3.93. The van der Waals surface area contributed by atoms with Crippen LogP contribution < -0.4 is 10.1 Å². The molecule has 0 saturated carbocycles. The van der Waals surface area contributed by atoms with E-state index in [0.717, 1.165) is 15.9 Å². The largest absolute Gasteiger partial charge is 0.493 e. The first-order valence-electron chi connectivity index (χ1n) is 12.4. The molecule has 2 aliphatic rings. The van der Waals surface area contributed by atoms with Crippen LogP contribution in [0.4, 0.5) is 13.2 Å². The van der Waals surface area contributed by atoms with Crippen molar-refractivity contribution in [1.82, 2.24) is 29.4 Å². The van der Waals surface area contributed by atoms with E-state index in [-0.39, 0.29) is 30.3 Å². The number of amides is 2. The van der Waals surface area contributed by atoms with Crippen LogP contribution in [0.15, 0.2) is 48.8 Å². The number of carbonyl (C=O) groups is 2. The van der Waals surface area contributed by atoms with Crippen LogP contribution in [0.1, 0.15) is 55.2 Å². The molecule has 5 heterocycles. The van der Waals surface area contributed by atoms with Crippen molar-refractivity contribution in [3.8, 4) is 5.75 Å². The third-order valence-electron chi connectivity index (χ3n) is 7.68. The summed E-state index contributed by atoms with van der Waals surface area (Å²) >= 11 is 0. The molecule has 1 fully saturated rings. The van der Waals surface area contributed by atoms with Crippen LogP contribution in [-0.4, -0.2) is 62.1 Å². The number of pyridine rings is 1. The summed E-state index contributed by atoms with van der Waals surface area (Å²) in [4.78, 5) is 32.9. The van der Waals surface area contributed by atoms with E-state index >= 15 is 0 Å². The van der Waals surface area contributed by atoms with Gasteiger partial charge in [0.2, 0.25) is 0 Å². The lowest BCUT2D eigenvalue weighted by molar-refractivity contribution is -0.142. The molecule has 6 rings (SSSR count). The Morgan fingerprint density at radius 1 is 1.15 bits per heavy atom. The van der Waals surface area contributed by atoms with Crippen LogP contribution in [-0.2, 0) is 13.2 Å². The minimum atomic E-state index is -4.76. The Labute approximate surface area is 221 Å². The van der Waals surface area contributed by atoms with E-state index in [1.807, 2.05) is 37.3 Å². The topological polar surface area (TPSA) is 93.8 Å². The highest BCUT2D eigenvalue weighted by atomic mass is 19.4. The highest BCUT2D eigenvalue weighted by Crippen LogP contribution is 2.45. The smallest absolute Gasteiger partial charge is 0.435 e. The fourth-order valence-corrected chi connectivity index (χ4v) is 5.92. The third-order valence-corrected chi connectivity index (χ3v) is 7.68. The maximum atomic E-state index is 14.1. The van der Waals surface area contributed by atoms with Crippen molar-refractivity contribution in [2.75, 3.05) is 20.2 Å².